The Balaban J connectivity index is 3.55. The molecule has 0 aliphatic rings. The summed E-state index contributed by atoms with van der Waals surface area (Å²) in [4.78, 5) is 25.0. The van der Waals surface area contributed by atoms with E-state index < -0.39 is 0 Å². The Hall–Kier alpha value is -1.58. The van der Waals surface area contributed by atoms with Crippen molar-refractivity contribution in [1.82, 2.24) is 10.2 Å². The standard InChI is InChI=1S/C18H32N2O2/c1-4-15-20(16-5-2)18(22)14-12-10-8-7-9-11-13-17(21)19-6-3/h4-5H,1-2,6-16H2,3H3,(H,19,21). The second kappa shape index (κ2) is 14.4. The first-order chi connectivity index (χ1) is 10.7. The van der Waals surface area contributed by atoms with E-state index in [1.165, 1.54) is 0 Å². The Bertz CT molecular complexity index is 330. The van der Waals surface area contributed by atoms with Crippen LogP contribution in [0, 0.1) is 0 Å². The van der Waals surface area contributed by atoms with Crippen LogP contribution >= 0.6 is 0 Å². The fraction of sp³-hybridized carbons (Fsp3) is 0.667. The summed E-state index contributed by atoms with van der Waals surface area (Å²) >= 11 is 0. The molecule has 0 aromatic heterocycles. The van der Waals surface area contributed by atoms with Gasteiger partial charge in [0, 0.05) is 32.5 Å². The van der Waals surface area contributed by atoms with Crippen molar-refractivity contribution in [2.75, 3.05) is 19.6 Å². The van der Waals surface area contributed by atoms with Crippen LogP contribution in [-0.2, 0) is 9.59 Å². The number of hydrogen-bond donors (Lipinski definition) is 1. The number of unbranched alkanes of at least 4 members (excludes halogenated alkanes) is 5. The van der Waals surface area contributed by atoms with Gasteiger partial charge in [-0.1, -0.05) is 37.8 Å². The van der Waals surface area contributed by atoms with Gasteiger partial charge in [0.05, 0.1) is 0 Å². The summed E-state index contributed by atoms with van der Waals surface area (Å²) in [5, 5.41) is 2.81. The third-order valence-electron chi connectivity index (χ3n) is 3.47. The van der Waals surface area contributed by atoms with E-state index in [1.807, 2.05) is 6.92 Å². The molecule has 0 atom stereocenters. The Morgan fingerprint density at radius 2 is 1.41 bits per heavy atom. The molecule has 0 radical (unpaired) electrons. The van der Waals surface area contributed by atoms with Crippen LogP contribution in [0.1, 0.15) is 58.3 Å². The van der Waals surface area contributed by atoms with E-state index in [4.69, 9.17) is 0 Å². The van der Waals surface area contributed by atoms with E-state index >= 15 is 0 Å². The van der Waals surface area contributed by atoms with Crippen LogP contribution in [0.15, 0.2) is 25.3 Å². The summed E-state index contributed by atoms with van der Waals surface area (Å²) in [7, 11) is 0. The molecule has 0 aliphatic carbocycles. The maximum absolute atomic E-state index is 12.0. The zero-order valence-electron chi connectivity index (χ0n) is 14.1. The fourth-order valence-electron chi connectivity index (χ4n) is 2.30. The molecule has 0 saturated carbocycles. The van der Waals surface area contributed by atoms with Gasteiger partial charge >= 0.3 is 0 Å². The first-order valence-corrected chi connectivity index (χ1v) is 8.42. The maximum atomic E-state index is 12.0. The summed E-state index contributed by atoms with van der Waals surface area (Å²) < 4.78 is 0. The van der Waals surface area contributed by atoms with E-state index in [2.05, 4.69) is 18.5 Å². The SMILES string of the molecule is C=CCN(CC=C)C(=O)CCCCCCCCC(=O)NCC. The van der Waals surface area contributed by atoms with Gasteiger partial charge in [-0.2, -0.15) is 0 Å². The number of nitrogens with zero attached hydrogens (tertiary/aromatic N) is 1. The van der Waals surface area contributed by atoms with Crippen LogP contribution in [-0.4, -0.2) is 36.3 Å². The topological polar surface area (TPSA) is 49.4 Å². The molecule has 0 spiro atoms. The highest BCUT2D eigenvalue weighted by molar-refractivity contribution is 5.76. The molecule has 0 aromatic rings. The van der Waals surface area contributed by atoms with Crippen molar-refractivity contribution in [3.05, 3.63) is 25.3 Å². The third kappa shape index (κ3) is 11.1. The Morgan fingerprint density at radius 3 is 1.91 bits per heavy atom. The van der Waals surface area contributed by atoms with Gasteiger partial charge in [-0.25, -0.2) is 0 Å². The molecular formula is C18H32N2O2. The summed E-state index contributed by atoms with van der Waals surface area (Å²) in [5.41, 5.74) is 0. The third-order valence-corrected chi connectivity index (χ3v) is 3.47. The Kier molecular flexibility index (Phi) is 13.3. The zero-order valence-corrected chi connectivity index (χ0v) is 14.1. The quantitative estimate of drug-likeness (QED) is 0.395. The van der Waals surface area contributed by atoms with Crippen molar-refractivity contribution < 1.29 is 9.59 Å². The lowest BCUT2D eigenvalue weighted by atomic mass is 10.1. The lowest BCUT2D eigenvalue weighted by Gasteiger charge is -2.19. The van der Waals surface area contributed by atoms with Gasteiger partial charge in [-0.15, -0.1) is 13.2 Å². The number of carbonyl (C=O) groups is 2. The van der Waals surface area contributed by atoms with Crippen LogP contribution in [0.3, 0.4) is 0 Å². The lowest BCUT2D eigenvalue weighted by Crippen LogP contribution is -2.30. The van der Waals surface area contributed by atoms with Gasteiger partial charge in [0.1, 0.15) is 0 Å². The van der Waals surface area contributed by atoms with E-state index in [9.17, 15) is 9.59 Å². The number of rotatable bonds is 14. The second-order valence-electron chi connectivity index (χ2n) is 5.45. The zero-order chi connectivity index (χ0) is 16.6. The molecule has 0 aromatic carbocycles. The number of carbonyl (C=O) groups excluding carboxylic acids is 2. The number of nitrogens with one attached hydrogen (secondary N) is 1. The minimum absolute atomic E-state index is 0.151. The predicted octanol–water partition coefficient (Wildman–Crippen LogP) is 3.44. The van der Waals surface area contributed by atoms with E-state index in [0.717, 1.165) is 38.5 Å². The van der Waals surface area contributed by atoms with Crippen LogP contribution < -0.4 is 5.32 Å². The largest absolute Gasteiger partial charge is 0.356 e. The molecule has 0 heterocycles. The minimum atomic E-state index is 0.151. The Morgan fingerprint density at radius 1 is 0.909 bits per heavy atom. The Labute approximate surface area is 135 Å². The van der Waals surface area contributed by atoms with Crippen LogP contribution in [0.25, 0.3) is 0 Å². The van der Waals surface area contributed by atoms with Crippen molar-refractivity contribution >= 4 is 11.8 Å². The van der Waals surface area contributed by atoms with Gasteiger partial charge in [-0.05, 0) is 19.8 Å². The molecule has 2 amide bonds. The van der Waals surface area contributed by atoms with Gasteiger partial charge < -0.3 is 10.2 Å². The molecule has 22 heavy (non-hydrogen) atoms. The first-order valence-electron chi connectivity index (χ1n) is 8.42. The highest BCUT2D eigenvalue weighted by atomic mass is 16.2. The minimum Gasteiger partial charge on any atom is -0.356 e. The van der Waals surface area contributed by atoms with Crippen molar-refractivity contribution in [1.29, 1.82) is 0 Å². The van der Waals surface area contributed by atoms with E-state index in [0.29, 0.717) is 32.5 Å². The molecule has 0 saturated heterocycles. The smallest absolute Gasteiger partial charge is 0.223 e. The van der Waals surface area contributed by atoms with Crippen molar-refractivity contribution in [2.45, 2.75) is 58.3 Å². The number of hydrogen-bond acceptors (Lipinski definition) is 2. The summed E-state index contributed by atoms with van der Waals surface area (Å²) in [6.45, 7) is 11.2. The van der Waals surface area contributed by atoms with Crippen LogP contribution in [0.5, 0.6) is 0 Å². The highest BCUT2D eigenvalue weighted by Gasteiger charge is 2.09. The molecule has 4 heteroatoms. The van der Waals surface area contributed by atoms with Crippen LogP contribution in [0.2, 0.25) is 0 Å². The molecule has 4 nitrogen and oxygen atoms in total. The average Bonchev–Trinajstić information content (AvgIpc) is 2.49. The first kappa shape index (κ1) is 20.4. The van der Waals surface area contributed by atoms with Gasteiger partial charge in [0.25, 0.3) is 0 Å². The highest BCUT2D eigenvalue weighted by Crippen LogP contribution is 2.10. The van der Waals surface area contributed by atoms with E-state index in [1.54, 1.807) is 17.1 Å². The predicted molar refractivity (Wildman–Crippen MR) is 92.6 cm³/mol. The molecule has 126 valence electrons. The van der Waals surface area contributed by atoms with Crippen molar-refractivity contribution in [2.24, 2.45) is 0 Å². The second-order valence-corrected chi connectivity index (χ2v) is 5.45. The molecule has 0 unspecified atom stereocenters. The molecule has 1 N–H and O–H groups in total. The van der Waals surface area contributed by atoms with Gasteiger partial charge in [0.15, 0.2) is 0 Å². The summed E-state index contributed by atoms with van der Waals surface area (Å²) in [6, 6.07) is 0. The van der Waals surface area contributed by atoms with Gasteiger partial charge in [-0.3, -0.25) is 9.59 Å². The lowest BCUT2D eigenvalue weighted by molar-refractivity contribution is -0.130. The maximum Gasteiger partial charge on any atom is 0.223 e. The monoisotopic (exact) mass is 308 g/mol. The van der Waals surface area contributed by atoms with Gasteiger partial charge in [0.2, 0.25) is 11.8 Å². The molecular weight excluding hydrogens is 276 g/mol. The molecule has 0 aliphatic heterocycles. The van der Waals surface area contributed by atoms with Crippen LogP contribution in [0.4, 0.5) is 0 Å². The van der Waals surface area contributed by atoms with Crippen molar-refractivity contribution in [3.63, 3.8) is 0 Å². The summed E-state index contributed by atoms with van der Waals surface area (Å²) in [6.07, 6.45) is 11.0. The number of amides is 2. The fourth-order valence-corrected chi connectivity index (χ4v) is 2.30. The van der Waals surface area contributed by atoms with Crippen molar-refractivity contribution in [3.8, 4) is 0 Å². The summed E-state index contributed by atoms with van der Waals surface area (Å²) in [5.74, 6) is 0.327. The molecule has 0 rings (SSSR count). The normalized spacial score (nSPS) is 10.0. The van der Waals surface area contributed by atoms with E-state index in [-0.39, 0.29) is 11.8 Å². The average molecular weight is 308 g/mol. The molecule has 0 fully saturated rings. The molecule has 0 bridgehead atoms.